The lowest BCUT2D eigenvalue weighted by atomic mass is 9.96. The van der Waals surface area contributed by atoms with Crippen LogP contribution in [0.4, 0.5) is 0 Å². The highest BCUT2D eigenvalue weighted by atomic mass is 16.5. The number of benzene rings is 2. The van der Waals surface area contributed by atoms with E-state index < -0.39 is 0 Å². The molecule has 3 rings (SSSR count). The quantitative estimate of drug-likeness (QED) is 0.895. The van der Waals surface area contributed by atoms with Gasteiger partial charge in [0.2, 0.25) is 0 Å². The van der Waals surface area contributed by atoms with E-state index in [0.717, 1.165) is 13.2 Å². The Morgan fingerprint density at radius 3 is 2.15 bits per heavy atom. The monoisotopic (exact) mass is 267 g/mol. The van der Waals surface area contributed by atoms with Crippen molar-refractivity contribution >= 4 is 0 Å². The van der Waals surface area contributed by atoms with Crippen LogP contribution in [0.1, 0.15) is 30.2 Å². The predicted molar refractivity (Wildman–Crippen MR) is 81.5 cm³/mol. The molecule has 0 saturated carbocycles. The summed E-state index contributed by atoms with van der Waals surface area (Å²) in [6, 6.07) is 21.3. The van der Waals surface area contributed by atoms with Crippen LogP contribution in [0.2, 0.25) is 0 Å². The van der Waals surface area contributed by atoms with Crippen molar-refractivity contribution < 1.29 is 4.74 Å². The molecule has 0 amide bonds. The minimum atomic E-state index is 0.0727. The minimum Gasteiger partial charge on any atom is -0.371 e. The van der Waals surface area contributed by atoms with Gasteiger partial charge in [0.05, 0.1) is 12.6 Å². The van der Waals surface area contributed by atoms with Crippen molar-refractivity contribution in [1.82, 2.24) is 5.32 Å². The van der Waals surface area contributed by atoms with Gasteiger partial charge >= 0.3 is 0 Å². The Labute approximate surface area is 120 Å². The largest absolute Gasteiger partial charge is 0.371 e. The van der Waals surface area contributed by atoms with E-state index in [2.05, 4.69) is 66.8 Å². The maximum atomic E-state index is 6.21. The Hall–Kier alpha value is -1.64. The number of ether oxygens (including phenoxy) is 1. The van der Waals surface area contributed by atoms with Crippen molar-refractivity contribution in [2.45, 2.75) is 19.1 Å². The molecule has 1 heterocycles. The third kappa shape index (κ3) is 2.92. The molecule has 1 fully saturated rings. The fraction of sp³-hybridized carbons (Fsp3) is 0.333. The molecule has 1 N–H and O–H groups in total. The van der Waals surface area contributed by atoms with Gasteiger partial charge in [-0.1, -0.05) is 67.6 Å². The Balaban J connectivity index is 1.94. The molecule has 0 radical (unpaired) electrons. The number of hydrogen-bond acceptors (Lipinski definition) is 2. The van der Waals surface area contributed by atoms with Crippen molar-refractivity contribution in [1.29, 1.82) is 0 Å². The predicted octanol–water partition coefficient (Wildman–Crippen LogP) is 3.72. The zero-order valence-electron chi connectivity index (χ0n) is 11.8. The van der Waals surface area contributed by atoms with E-state index in [1.54, 1.807) is 0 Å². The molecule has 2 heteroatoms. The molecule has 1 saturated heterocycles. The fourth-order valence-corrected chi connectivity index (χ4v) is 2.74. The Morgan fingerprint density at radius 1 is 0.900 bits per heavy atom. The van der Waals surface area contributed by atoms with E-state index in [-0.39, 0.29) is 12.1 Å². The van der Waals surface area contributed by atoms with E-state index in [4.69, 9.17) is 4.74 Å². The van der Waals surface area contributed by atoms with Crippen molar-refractivity contribution in [3.8, 4) is 0 Å². The van der Waals surface area contributed by atoms with Crippen LogP contribution in [0.5, 0.6) is 0 Å². The molecule has 2 nitrogen and oxygen atoms in total. The Morgan fingerprint density at radius 2 is 1.50 bits per heavy atom. The van der Waals surface area contributed by atoms with E-state index >= 15 is 0 Å². The molecule has 1 aliphatic rings. The first-order chi connectivity index (χ1) is 9.84. The average Bonchev–Trinajstić information content (AvgIpc) is 2.71. The third-order valence-corrected chi connectivity index (χ3v) is 3.84. The van der Waals surface area contributed by atoms with E-state index in [9.17, 15) is 0 Å². The second kappa shape index (κ2) is 6.21. The van der Waals surface area contributed by atoms with Crippen LogP contribution in [0.15, 0.2) is 60.7 Å². The third-order valence-electron chi connectivity index (χ3n) is 3.84. The highest BCUT2D eigenvalue weighted by Crippen LogP contribution is 2.34. The van der Waals surface area contributed by atoms with Crippen LogP contribution in [0, 0.1) is 5.92 Å². The highest BCUT2D eigenvalue weighted by molar-refractivity contribution is 5.26. The van der Waals surface area contributed by atoms with Crippen LogP contribution in [0.3, 0.4) is 0 Å². The summed E-state index contributed by atoms with van der Waals surface area (Å²) in [6.45, 7) is 4.02. The van der Waals surface area contributed by atoms with Crippen LogP contribution in [-0.2, 0) is 4.74 Å². The van der Waals surface area contributed by atoms with Gasteiger partial charge in [-0.2, -0.15) is 0 Å². The average molecular weight is 267 g/mol. The highest BCUT2D eigenvalue weighted by Gasteiger charge is 2.28. The van der Waals surface area contributed by atoms with E-state index in [1.807, 2.05) is 6.07 Å². The second-order valence-electron chi connectivity index (χ2n) is 5.57. The van der Waals surface area contributed by atoms with Gasteiger partial charge in [0.25, 0.3) is 0 Å². The second-order valence-corrected chi connectivity index (χ2v) is 5.57. The summed E-state index contributed by atoms with van der Waals surface area (Å²) in [4.78, 5) is 0. The molecule has 3 unspecified atom stereocenters. The lowest BCUT2D eigenvalue weighted by Crippen LogP contribution is -2.27. The topological polar surface area (TPSA) is 21.3 Å². The lowest BCUT2D eigenvalue weighted by Gasteiger charge is -2.26. The Kier molecular flexibility index (Phi) is 4.14. The van der Waals surface area contributed by atoms with Gasteiger partial charge in [0.1, 0.15) is 6.10 Å². The van der Waals surface area contributed by atoms with Crippen molar-refractivity contribution in [2.24, 2.45) is 5.92 Å². The van der Waals surface area contributed by atoms with E-state index in [0.29, 0.717) is 5.92 Å². The molecule has 20 heavy (non-hydrogen) atoms. The normalized spacial score (nSPS) is 26.9. The standard InChI is InChI=1S/C18H21NO/c1-14-12-19-17(15-8-4-2-5-9-15)18(20-13-14)16-10-6-3-7-11-16/h2-11,14,17-19H,12-13H2,1H3. The molecular formula is C18H21NO. The van der Waals surface area contributed by atoms with Crippen LogP contribution >= 0.6 is 0 Å². The van der Waals surface area contributed by atoms with Gasteiger partial charge < -0.3 is 10.1 Å². The number of hydrogen-bond donors (Lipinski definition) is 1. The van der Waals surface area contributed by atoms with Gasteiger partial charge in [-0.3, -0.25) is 0 Å². The summed E-state index contributed by atoms with van der Waals surface area (Å²) >= 11 is 0. The van der Waals surface area contributed by atoms with Gasteiger partial charge in [0, 0.05) is 6.54 Å². The van der Waals surface area contributed by atoms with Crippen molar-refractivity contribution in [3.63, 3.8) is 0 Å². The SMILES string of the molecule is CC1CNC(c2ccccc2)C(c2ccccc2)OC1. The maximum absolute atomic E-state index is 6.21. The first-order valence-electron chi connectivity index (χ1n) is 7.29. The van der Waals surface area contributed by atoms with E-state index in [1.165, 1.54) is 11.1 Å². The van der Waals surface area contributed by atoms with Gasteiger partial charge in [-0.25, -0.2) is 0 Å². The first-order valence-corrected chi connectivity index (χ1v) is 7.29. The summed E-state index contributed by atoms with van der Waals surface area (Å²) in [6.07, 6.45) is 0.0727. The smallest absolute Gasteiger partial charge is 0.102 e. The zero-order chi connectivity index (χ0) is 13.8. The summed E-state index contributed by atoms with van der Waals surface area (Å²) in [7, 11) is 0. The molecule has 0 bridgehead atoms. The molecule has 1 aliphatic heterocycles. The first kappa shape index (κ1) is 13.3. The summed E-state index contributed by atoms with van der Waals surface area (Å²) in [5.41, 5.74) is 2.53. The van der Waals surface area contributed by atoms with Crippen molar-refractivity contribution in [3.05, 3.63) is 71.8 Å². The summed E-state index contributed by atoms with van der Waals surface area (Å²) in [5.74, 6) is 0.537. The zero-order valence-corrected chi connectivity index (χ0v) is 11.8. The molecule has 0 spiro atoms. The minimum absolute atomic E-state index is 0.0727. The molecular weight excluding hydrogens is 246 g/mol. The van der Waals surface area contributed by atoms with Gasteiger partial charge in [-0.15, -0.1) is 0 Å². The molecule has 3 atom stereocenters. The molecule has 0 aromatic heterocycles. The maximum Gasteiger partial charge on any atom is 0.102 e. The number of rotatable bonds is 2. The molecule has 0 aliphatic carbocycles. The number of nitrogens with one attached hydrogen (secondary N) is 1. The Bertz CT molecular complexity index is 476. The van der Waals surface area contributed by atoms with Crippen LogP contribution in [0.25, 0.3) is 0 Å². The summed E-state index contributed by atoms with van der Waals surface area (Å²) in [5, 5.41) is 3.67. The fourth-order valence-electron chi connectivity index (χ4n) is 2.74. The van der Waals surface area contributed by atoms with Gasteiger partial charge in [-0.05, 0) is 17.0 Å². The molecule has 104 valence electrons. The molecule has 2 aromatic carbocycles. The molecule has 2 aromatic rings. The van der Waals surface area contributed by atoms with Crippen molar-refractivity contribution in [2.75, 3.05) is 13.2 Å². The van der Waals surface area contributed by atoms with Crippen LogP contribution in [-0.4, -0.2) is 13.2 Å². The van der Waals surface area contributed by atoms with Crippen LogP contribution < -0.4 is 5.32 Å². The lowest BCUT2D eigenvalue weighted by molar-refractivity contribution is 0.0297. The van der Waals surface area contributed by atoms with Gasteiger partial charge in [0.15, 0.2) is 0 Å². The summed E-state index contributed by atoms with van der Waals surface area (Å²) < 4.78 is 6.21.